The van der Waals surface area contributed by atoms with Gasteiger partial charge in [0.1, 0.15) is 0 Å². The Labute approximate surface area is 92.6 Å². The first-order chi connectivity index (χ1) is 4.30. The normalized spacial score (nSPS) is 9.10. The topological polar surface area (TPSA) is 0 Å². The van der Waals surface area contributed by atoms with Crippen LogP contribution in [0.15, 0.2) is 30.3 Å². The van der Waals surface area contributed by atoms with Crippen LogP contribution in [-0.2, 0) is 0 Å². The molecule has 0 amide bonds. The van der Waals surface area contributed by atoms with Crippen molar-refractivity contribution in [1.82, 2.24) is 0 Å². The SMILES string of the molecule is CC(C)c1ccccc1.[Ar]. The van der Waals surface area contributed by atoms with E-state index >= 15 is 0 Å². The van der Waals surface area contributed by atoms with Gasteiger partial charge in [-0.05, 0) is 11.5 Å². The van der Waals surface area contributed by atoms with Crippen LogP contribution in [-0.4, -0.2) is 0 Å². The van der Waals surface area contributed by atoms with E-state index in [4.69, 9.17) is 0 Å². The second kappa shape index (κ2) is 5.17. The molecule has 0 saturated carbocycles. The van der Waals surface area contributed by atoms with E-state index in [1.807, 2.05) is 6.07 Å². The third-order valence-corrected chi connectivity index (χ3v) is 1.47. The van der Waals surface area contributed by atoms with Crippen molar-refractivity contribution in [2.75, 3.05) is 0 Å². The van der Waals surface area contributed by atoms with Crippen LogP contribution < -0.4 is 0 Å². The molecule has 0 N–H and O–H groups in total. The van der Waals surface area contributed by atoms with Crippen molar-refractivity contribution in [3.05, 3.63) is 35.9 Å². The molecule has 0 aliphatic heterocycles. The Bertz CT molecular complexity index is 167. The second-order valence-corrected chi connectivity index (χ2v) is 2.57. The first kappa shape index (κ1) is 10.5. The Balaban J connectivity index is 0.000000810. The van der Waals surface area contributed by atoms with Gasteiger partial charge in [0.05, 0.1) is 0 Å². The monoisotopic (exact) mass is 160 g/mol. The molecule has 0 saturated heterocycles. The fourth-order valence-corrected chi connectivity index (χ4v) is 0.838. The first-order valence-electron chi connectivity index (χ1n) is 3.35. The summed E-state index contributed by atoms with van der Waals surface area (Å²) in [6.45, 7) is 4.41. The quantitative estimate of drug-likeness (QED) is 0.592. The summed E-state index contributed by atoms with van der Waals surface area (Å²) in [5.74, 6) is 0.659. The Morgan fingerprint density at radius 2 is 1.50 bits per heavy atom. The van der Waals surface area contributed by atoms with Crippen LogP contribution in [0.25, 0.3) is 0 Å². The number of rotatable bonds is 1. The molecule has 1 rings (SSSR count). The second-order valence-electron chi connectivity index (χ2n) is 2.57. The molecule has 0 nitrogen and oxygen atoms in total. The Hall–Kier alpha value is 0.480. The van der Waals surface area contributed by atoms with Crippen molar-refractivity contribution in [2.45, 2.75) is 19.8 Å². The first-order valence-corrected chi connectivity index (χ1v) is 3.35. The molecular weight excluding hydrogens is 148 g/mol. The summed E-state index contributed by atoms with van der Waals surface area (Å²) < 4.78 is 0. The average molecular weight is 160 g/mol. The zero-order valence-corrected chi connectivity index (χ0v) is 7.02. The fraction of sp³-hybridized carbons (Fsp3) is 0.333. The van der Waals surface area contributed by atoms with Crippen LogP contribution in [0.3, 0.4) is 0 Å². The predicted molar refractivity (Wildman–Crippen MR) is 40.5 cm³/mol. The van der Waals surface area contributed by atoms with Gasteiger partial charge in [-0.25, -0.2) is 0 Å². The largest absolute Gasteiger partial charge is 0.0622 e. The molecule has 56 valence electrons. The molecule has 0 aliphatic carbocycles. The van der Waals surface area contributed by atoms with Crippen molar-refractivity contribution in [3.63, 3.8) is 0 Å². The fourth-order valence-electron chi connectivity index (χ4n) is 0.838. The minimum atomic E-state index is 0. The van der Waals surface area contributed by atoms with Gasteiger partial charge >= 0.3 is 0 Å². The van der Waals surface area contributed by atoms with Gasteiger partial charge in [0, 0.05) is 37.7 Å². The standard InChI is InChI=1S/C9H12.Ar/c1-8(2)9-6-4-3-5-7-9;/h3-8H,1-2H3;. The van der Waals surface area contributed by atoms with Gasteiger partial charge in [-0.1, -0.05) is 44.2 Å². The van der Waals surface area contributed by atoms with Crippen molar-refractivity contribution >= 4 is 0 Å². The maximum atomic E-state index is 2.20. The van der Waals surface area contributed by atoms with Gasteiger partial charge < -0.3 is 0 Å². The smallest absolute Gasteiger partial charge is 0 e. The molecule has 0 spiro atoms. The third-order valence-electron chi connectivity index (χ3n) is 1.47. The molecule has 0 fully saturated rings. The van der Waals surface area contributed by atoms with Crippen LogP contribution in [0.5, 0.6) is 0 Å². The van der Waals surface area contributed by atoms with Gasteiger partial charge in [-0.3, -0.25) is 0 Å². The molecule has 1 aromatic rings. The summed E-state index contributed by atoms with van der Waals surface area (Å²) in [5.41, 5.74) is 1.41. The van der Waals surface area contributed by atoms with Crippen LogP contribution >= 0.6 is 0 Å². The van der Waals surface area contributed by atoms with Crippen molar-refractivity contribution in [3.8, 4) is 0 Å². The van der Waals surface area contributed by atoms with Crippen molar-refractivity contribution in [1.29, 1.82) is 0 Å². The summed E-state index contributed by atoms with van der Waals surface area (Å²) in [6.07, 6.45) is 0. The predicted octanol–water partition coefficient (Wildman–Crippen LogP) is 2.81. The maximum Gasteiger partial charge on any atom is 0 e. The minimum Gasteiger partial charge on any atom is -0.0622 e. The van der Waals surface area contributed by atoms with E-state index in [0.29, 0.717) is 5.92 Å². The number of benzene rings is 1. The van der Waals surface area contributed by atoms with Crippen molar-refractivity contribution in [2.24, 2.45) is 0 Å². The summed E-state index contributed by atoms with van der Waals surface area (Å²) in [7, 11) is 0. The van der Waals surface area contributed by atoms with Crippen LogP contribution in [0.2, 0.25) is 0 Å². The summed E-state index contributed by atoms with van der Waals surface area (Å²) in [6, 6.07) is 10.5. The molecule has 10 heavy (non-hydrogen) atoms. The molecule has 0 aliphatic rings. The molecule has 1 aromatic carbocycles. The van der Waals surface area contributed by atoms with Gasteiger partial charge in [-0.15, -0.1) is 0 Å². The third kappa shape index (κ3) is 3.05. The number of hydrogen-bond donors (Lipinski definition) is 0. The molecule has 0 radical (unpaired) electrons. The van der Waals surface area contributed by atoms with E-state index in [9.17, 15) is 0 Å². The molecule has 0 aromatic heterocycles. The number of hydrogen-bond acceptors (Lipinski definition) is 0. The molecule has 0 atom stereocenters. The zero-order chi connectivity index (χ0) is 6.69. The van der Waals surface area contributed by atoms with E-state index in [1.54, 1.807) is 0 Å². The Morgan fingerprint density at radius 3 is 1.80 bits per heavy atom. The van der Waals surface area contributed by atoms with E-state index in [0.717, 1.165) is 0 Å². The molecule has 0 bridgehead atoms. The van der Waals surface area contributed by atoms with E-state index in [2.05, 4.69) is 38.1 Å². The van der Waals surface area contributed by atoms with Crippen LogP contribution in [0, 0.1) is 37.7 Å². The van der Waals surface area contributed by atoms with E-state index in [1.165, 1.54) is 5.56 Å². The van der Waals surface area contributed by atoms with Crippen LogP contribution in [0.4, 0.5) is 0 Å². The van der Waals surface area contributed by atoms with E-state index < -0.39 is 0 Å². The molecule has 1 heteroatoms. The van der Waals surface area contributed by atoms with Gasteiger partial charge in [0.25, 0.3) is 0 Å². The van der Waals surface area contributed by atoms with Gasteiger partial charge in [0.15, 0.2) is 0 Å². The zero-order valence-electron chi connectivity index (χ0n) is 6.32. The van der Waals surface area contributed by atoms with Crippen LogP contribution in [0.1, 0.15) is 25.3 Å². The molecule has 0 heterocycles. The average Bonchev–Trinajstić information content (AvgIpc) is 1.90. The van der Waals surface area contributed by atoms with Gasteiger partial charge in [-0.2, -0.15) is 0 Å². The van der Waals surface area contributed by atoms with E-state index in [-0.39, 0.29) is 37.7 Å². The molecular formula is C9H12Ar. The summed E-state index contributed by atoms with van der Waals surface area (Å²) in [4.78, 5) is 0. The molecule has 0 unspecified atom stereocenters. The van der Waals surface area contributed by atoms with Gasteiger partial charge in [0.2, 0.25) is 0 Å². The maximum absolute atomic E-state index is 2.20. The van der Waals surface area contributed by atoms with Crippen molar-refractivity contribution < 1.29 is 37.7 Å². The summed E-state index contributed by atoms with van der Waals surface area (Å²) in [5, 5.41) is 0. The Kier molecular flexibility index (Phi) is 5.42. The minimum absolute atomic E-state index is 0. The summed E-state index contributed by atoms with van der Waals surface area (Å²) >= 11 is 0. The Morgan fingerprint density at radius 1 is 1.00 bits per heavy atom.